The van der Waals surface area contributed by atoms with Gasteiger partial charge in [-0.2, -0.15) is 0 Å². The third kappa shape index (κ3) is 7.06. The van der Waals surface area contributed by atoms with Crippen LogP contribution in [0.5, 0.6) is 0 Å². The maximum atomic E-state index is 12.0. The largest absolute Gasteiger partial charge is 0.469 e. The summed E-state index contributed by atoms with van der Waals surface area (Å²) in [4.78, 5) is 12.0. The highest BCUT2D eigenvalue weighted by molar-refractivity contribution is 6.74. The summed E-state index contributed by atoms with van der Waals surface area (Å²) in [5.74, 6) is -0.291. The van der Waals surface area contributed by atoms with Crippen LogP contribution in [0.2, 0.25) is 36.3 Å². The quantitative estimate of drug-likeness (QED) is 0.263. The SMILES string of the molecule is C=C[C@H](O)[C@@H]1O[C@H]2CC[C@H](CC(=O)OC)O[C@@H]2[C@H](O[Si](C)(C)C(C)(C)C)[C@@H]1O[Si](C)(C)C(C)(C)C. The predicted octanol–water partition coefficient (Wildman–Crippen LogP) is 5.19. The Labute approximate surface area is 215 Å². The summed E-state index contributed by atoms with van der Waals surface area (Å²) in [5, 5.41) is 10.9. The summed E-state index contributed by atoms with van der Waals surface area (Å²) in [5.41, 5.74) is 0. The minimum absolute atomic E-state index is 0.0328. The van der Waals surface area contributed by atoms with E-state index < -0.39 is 47.2 Å². The molecule has 0 saturated carbocycles. The second-order valence-corrected chi connectivity index (χ2v) is 22.6. The molecular formula is C26H50O7Si2. The van der Waals surface area contributed by atoms with Crippen molar-refractivity contribution in [3.05, 3.63) is 12.7 Å². The van der Waals surface area contributed by atoms with E-state index in [0.717, 1.165) is 0 Å². The normalized spacial score (nSPS) is 31.4. The third-order valence-corrected chi connectivity index (χ3v) is 17.4. The van der Waals surface area contributed by atoms with Crippen LogP contribution in [0.15, 0.2) is 12.7 Å². The van der Waals surface area contributed by atoms with Crippen molar-refractivity contribution in [2.75, 3.05) is 7.11 Å². The molecule has 1 N–H and O–H groups in total. The first-order chi connectivity index (χ1) is 15.8. The molecule has 204 valence electrons. The van der Waals surface area contributed by atoms with E-state index in [0.29, 0.717) is 12.8 Å². The fraction of sp³-hybridized carbons (Fsp3) is 0.885. The minimum Gasteiger partial charge on any atom is -0.469 e. The topological polar surface area (TPSA) is 83.5 Å². The molecule has 7 nitrogen and oxygen atoms in total. The summed E-state index contributed by atoms with van der Waals surface area (Å²) in [6.45, 7) is 25.8. The standard InChI is InChI=1S/C26H50O7Si2/c1-13-18(27)21-23(32-34(9,10)25(2,3)4)24(33-35(11,12)26(5,6)7)22-19(31-21)15-14-17(30-22)16-20(28)29-8/h13,17-19,21-24,27H,1,14-16H2,2-12H3/t17-,18+,19+,21+,22+,23-,24+/m1/s1. The van der Waals surface area contributed by atoms with Gasteiger partial charge in [0.15, 0.2) is 16.6 Å². The van der Waals surface area contributed by atoms with E-state index >= 15 is 0 Å². The van der Waals surface area contributed by atoms with Crippen molar-refractivity contribution in [2.24, 2.45) is 0 Å². The number of ether oxygens (including phenoxy) is 3. The number of hydrogen-bond donors (Lipinski definition) is 1. The lowest BCUT2D eigenvalue weighted by Gasteiger charge is -2.55. The number of hydrogen-bond acceptors (Lipinski definition) is 7. The summed E-state index contributed by atoms with van der Waals surface area (Å²) in [6, 6.07) is 0. The van der Waals surface area contributed by atoms with E-state index in [1.165, 1.54) is 13.2 Å². The van der Waals surface area contributed by atoms with Crippen LogP contribution in [0.25, 0.3) is 0 Å². The molecule has 2 aliphatic heterocycles. The Morgan fingerprint density at radius 2 is 1.51 bits per heavy atom. The molecule has 0 aromatic carbocycles. The Bertz CT molecular complexity index is 741. The number of rotatable bonds is 8. The van der Waals surface area contributed by atoms with Crippen molar-refractivity contribution in [3.8, 4) is 0 Å². The van der Waals surface area contributed by atoms with Crippen molar-refractivity contribution < 1.29 is 33.0 Å². The van der Waals surface area contributed by atoms with Crippen LogP contribution >= 0.6 is 0 Å². The average Bonchev–Trinajstić information content (AvgIpc) is 2.72. The molecule has 0 aliphatic carbocycles. The minimum atomic E-state index is -2.28. The summed E-state index contributed by atoms with van der Waals surface area (Å²) >= 11 is 0. The lowest BCUT2D eigenvalue weighted by atomic mass is 9.87. The molecule has 0 bridgehead atoms. The van der Waals surface area contributed by atoms with Gasteiger partial charge in [0.2, 0.25) is 0 Å². The Hall–Kier alpha value is -0.556. The molecule has 7 atom stereocenters. The van der Waals surface area contributed by atoms with Crippen molar-refractivity contribution in [1.29, 1.82) is 0 Å². The number of esters is 1. The van der Waals surface area contributed by atoms with Crippen LogP contribution in [0.4, 0.5) is 0 Å². The number of carbonyl (C=O) groups excluding carboxylic acids is 1. The molecular weight excluding hydrogens is 480 g/mol. The van der Waals surface area contributed by atoms with E-state index in [2.05, 4.69) is 74.3 Å². The maximum absolute atomic E-state index is 12.0. The molecule has 2 heterocycles. The zero-order chi connectivity index (χ0) is 27.0. The van der Waals surface area contributed by atoms with Gasteiger partial charge < -0.3 is 28.2 Å². The van der Waals surface area contributed by atoms with Gasteiger partial charge in [-0.1, -0.05) is 47.6 Å². The molecule has 0 aromatic rings. The Balaban J connectivity index is 2.54. The molecule has 35 heavy (non-hydrogen) atoms. The lowest BCUT2D eigenvalue weighted by molar-refractivity contribution is -0.267. The second-order valence-electron chi connectivity index (χ2n) is 13.1. The van der Waals surface area contributed by atoms with E-state index in [1.54, 1.807) is 0 Å². The second kappa shape index (κ2) is 11.0. The van der Waals surface area contributed by atoms with Gasteiger partial charge in [0.1, 0.15) is 30.5 Å². The molecule has 0 radical (unpaired) electrons. The van der Waals surface area contributed by atoms with Gasteiger partial charge >= 0.3 is 5.97 Å². The molecule has 2 fully saturated rings. The van der Waals surface area contributed by atoms with Crippen molar-refractivity contribution in [1.82, 2.24) is 0 Å². The molecule has 2 aliphatic rings. The van der Waals surface area contributed by atoms with Crippen LogP contribution in [-0.4, -0.2) is 77.5 Å². The number of aliphatic hydroxyl groups is 1. The van der Waals surface area contributed by atoms with Gasteiger partial charge in [0.25, 0.3) is 0 Å². The van der Waals surface area contributed by atoms with Crippen LogP contribution in [-0.2, 0) is 27.9 Å². The van der Waals surface area contributed by atoms with E-state index in [-0.39, 0.29) is 34.7 Å². The van der Waals surface area contributed by atoms with Crippen LogP contribution in [0.1, 0.15) is 60.8 Å². The zero-order valence-electron chi connectivity index (χ0n) is 23.8. The fourth-order valence-electron chi connectivity index (χ4n) is 4.11. The van der Waals surface area contributed by atoms with Crippen molar-refractivity contribution in [2.45, 2.75) is 140 Å². The van der Waals surface area contributed by atoms with E-state index in [4.69, 9.17) is 23.1 Å². The first-order valence-electron chi connectivity index (χ1n) is 12.9. The number of methoxy groups -OCH3 is 1. The monoisotopic (exact) mass is 530 g/mol. The number of fused-ring (bicyclic) bond motifs is 1. The van der Waals surface area contributed by atoms with Gasteiger partial charge in [-0.25, -0.2) is 0 Å². The average molecular weight is 531 g/mol. The number of aliphatic hydroxyl groups excluding tert-OH is 1. The fourth-order valence-corrected chi connectivity index (χ4v) is 6.71. The maximum Gasteiger partial charge on any atom is 0.308 e. The Kier molecular flexibility index (Phi) is 9.68. The molecule has 0 spiro atoms. The zero-order valence-corrected chi connectivity index (χ0v) is 25.8. The van der Waals surface area contributed by atoms with Crippen molar-refractivity contribution >= 4 is 22.6 Å². The van der Waals surface area contributed by atoms with Gasteiger partial charge in [0.05, 0.1) is 25.7 Å². The van der Waals surface area contributed by atoms with Gasteiger partial charge in [-0.3, -0.25) is 4.79 Å². The summed E-state index contributed by atoms with van der Waals surface area (Å²) in [6.07, 6.45) is -0.341. The van der Waals surface area contributed by atoms with Gasteiger partial charge in [-0.15, -0.1) is 6.58 Å². The summed E-state index contributed by atoms with van der Waals surface area (Å²) in [7, 11) is -3.15. The molecule has 0 aromatic heterocycles. The van der Waals surface area contributed by atoms with E-state index in [9.17, 15) is 9.90 Å². The van der Waals surface area contributed by atoms with Crippen molar-refractivity contribution in [3.63, 3.8) is 0 Å². The highest BCUT2D eigenvalue weighted by atomic mass is 28.4. The van der Waals surface area contributed by atoms with Crippen LogP contribution in [0.3, 0.4) is 0 Å². The molecule has 2 rings (SSSR count). The first kappa shape index (κ1) is 30.7. The highest BCUT2D eigenvalue weighted by Crippen LogP contribution is 2.45. The third-order valence-electron chi connectivity index (χ3n) is 8.47. The van der Waals surface area contributed by atoms with Crippen LogP contribution < -0.4 is 0 Å². The van der Waals surface area contributed by atoms with Gasteiger partial charge in [0, 0.05) is 0 Å². The Morgan fingerprint density at radius 3 is 1.97 bits per heavy atom. The first-order valence-corrected chi connectivity index (χ1v) is 18.7. The smallest absolute Gasteiger partial charge is 0.308 e. The molecule has 9 heteroatoms. The lowest BCUT2D eigenvalue weighted by Crippen LogP contribution is -2.68. The molecule has 0 amide bonds. The summed E-state index contributed by atoms with van der Waals surface area (Å²) < 4.78 is 31.9. The molecule has 2 saturated heterocycles. The highest BCUT2D eigenvalue weighted by Gasteiger charge is 2.56. The van der Waals surface area contributed by atoms with Crippen LogP contribution in [0, 0.1) is 0 Å². The predicted molar refractivity (Wildman–Crippen MR) is 144 cm³/mol. The van der Waals surface area contributed by atoms with E-state index in [1.807, 2.05) is 0 Å². The van der Waals surface area contributed by atoms with Gasteiger partial charge in [-0.05, 0) is 49.1 Å². The molecule has 0 unspecified atom stereocenters. The number of carbonyl (C=O) groups is 1. The Morgan fingerprint density at radius 1 is 1.00 bits per heavy atom.